The average molecular weight is 425 g/mol. The zero-order valence-corrected chi connectivity index (χ0v) is 15.0. The largest absolute Gasteiger partial charge is 0.299 e. The zero-order valence-electron chi connectivity index (χ0n) is 12.0. The number of hydrogen-bond acceptors (Lipinski definition) is 4. The summed E-state index contributed by atoms with van der Waals surface area (Å²) in [5, 5.41) is 0. The third-order valence-electron chi connectivity index (χ3n) is 6.13. The second-order valence-corrected chi connectivity index (χ2v) is 9.15. The highest BCUT2D eigenvalue weighted by atomic mass is 127. The molecule has 4 bridgehead atoms. The van der Waals surface area contributed by atoms with E-state index >= 15 is 0 Å². The maximum Gasteiger partial charge on any atom is 0.173 e. The Bertz CT molecular complexity index is 708. The monoisotopic (exact) mass is 425 g/mol. The number of Topliss-reactive ketones (excluding diaryl/α,β-unsaturated/α-hetero) is 2. The SMILES string of the molecule is O=C1CCC[C@@H]2[C@@H]1CC1(SI)C(=O)C3c4ccccc4C1N32. The average Bonchev–Trinajstić information content (AvgIpc) is 2.97. The van der Waals surface area contributed by atoms with Crippen molar-refractivity contribution in [3.63, 3.8) is 0 Å². The summed E-state index contributed by atoms with van der Waals surface area (Å²) in [6.45, 7) is 0. The van der Waals surface area contributed by atoms with Crippen LogP contribution in [0.25, 0.3) is 0 Å². The van der Waals surface area contributed by atoms with Crippen molar-refractivity contribution >= 4 is 41.7 Å². The molecule has 5 heteroatoms. The number of halogens is 1. The number of nitrogens with zero attached hydrogens (tertiary/aromatic N) is 1. The minimum atomic E-state index is -0.409. The van der Waals surface area contributed by atoms with Crippen molar-refractivity contribution in [2.75, 3.05) is 0 Å². The summed E-state index contributed by atoms with van der Waals surface area (Å²) in [6, 6.07) is 8.75. The molecule has 3 aliphatic heterocycles. The Kier molecular flexibility index (Phi) is 2.91. The molecular formula is C17H16INO2S. The van der Waals surface area contributed by atoms with Crippen molar-refractivity contribution in [3.8, 4) is 0 Å². The Hall–Kier alpha value is -0.400. The molecule has 3 heterocycles. The van der Waals surface area contributed by atoms with Gasteiger partial charge in [0.1, 0.15) is 10.5 Å². The molecule has 3 fully saturated rings. The highest BCUT2D eigenvalue weighted by Crippen LogP contribution is 2.68. The van der Waals surface area contributed by atoms with Crippen LogP contribution < -0.4 is 0 Å². The number of carbonyl (C=O) groups is 2. The number of hydrogen-bond donors (Lipinski definition) is 0. The highest BCUT2D eigenvalue weighted by molar-refractivity contribution is 14.2. The topological polar surface area (TPSA) is 37.4 Å². The normalized spacial score (nSPS) is 44.9. The second kappa shape index (κ2) is 4.57. The Morgan fingerprint density at radius 1 is 1.23 bits per heavy atom. The van der Waals surface area contributed by atoms with E-state index in [0.717, 1.165) is 19.3 Å². The van der Waals surface area contributed by atoms with Crippen LogP contribution >= 0.6 is 30.1 Å². The molecule has 1 aromatic rings. The van der Waals surface area contributed by atoms with Crippen LogP contribution in [0.5, 0.6) is 0 Å². The van der Waals surface area contributed by atoms with Gasteiger partial charge in [0.15, 0.2) is 5.78 Å². The van der Waals surface area contributed by atoms with Gasteiger partial charge in [0.25, 0.3) is 0 Å². The van der Waals surface area contributed by atoms with Gasteiger partial charge in [-0.05, 0) is 51.6 Å². The molecule has 6 atom stereocenters. The molecule has 3 nitrogen and oxygen atoms in total. The molecule has 22 heavy (non-hydrogen) atoms. The van der Waals surface area contributed by atoms with Gasteiger partial charge < -0.3 is 0 Å². The first kappa shape index (κ1) is 14.0. The minimum Gasteiger partial charge on any atom is -0.299 e. The van der Waals surface area contributed by atoms with Gasteiger partial charge in [0.2, 0.25) is 0 Å². The fourth-order valence-corrected chi connectivity index (χ4v) is 8.02. The summed E-state index contributed by atoms with van der Waals surface area (Å²) < 4.78 is -0.409. The summed E-state index contributed by atoms with van der Waals surface area (Å²) in [7, 11) is 1.65. The maximum atomic E-state index is 13.2. The standard InChI is InChI=1S/C17H16INO2S/c18-22-17-8-11-12(6-3-7-13(11)20)19-14(16(17)21)9-4-1-2-5-10(9)15(17)19/h1-2,4-5,11-12,14-15H,3,6-8H2/t11-,12+,14?,15?,17?/m0/s1. The third-order valence-corrected chi connectivity index (χ3v) is 9.36. The van der Waals surface area contributed by atoms with Gasteiger partial charge in [-0.15, -0.1) is 0 Å². The number of carbonyl (C=O) groups excluding carboxylic acids is 2. The van der Waals surface area contributed by atoms with E-state index in [1.165, 1.54) is 11.1 Å². The minimum absolute atomic E-state index is 0.0653. The molecule has 4 unspecified atom stereocenters. The van der Waals surface area contributed by atoms with Gasteiger partial charge in [-0.3, -0.25) is 14.5 Å². The number of fused-ring (bicyclic) bond motifs is 3. The van der Waals surface area contributed by atoms with Crippen LogP contribution in [0.2, 0.25) is 0 Å². The van der Waals surface area contributed by atoms with Gasteiger partial charge in [0, 0.05) is 18.4 Å². The van der Waals surface area contributed by atoms with E-state index in [0.29, 0.717) is 18.0 Å². The molecule has 5 rings (SSSR count). The highest BCUT2D eigenvalue weighted by Gasteiger charge is 2.71. The smallest absolute Gasteiger partial charge is 0.173 e. The lowest BCUT2D eigenvalue weighted by atomic mass is 9.70. The number of rotatable bonds is 1. The molecule has 0 amide bonds. The predicted octanol–water partition coefficient (Wildman–Crippen LogP) is 3.63. The molecule has 1 aromatic carbocycles. The van der Waals surface area contributed by atoms with Gasteiger partial charge in [0.05, 0.1) is 12.1 Å². The number of ketones is 2. The molecule has 1 aliphatic carbocycles. The van der Waals surface area contributed by atoms with Crippen molar-refractivity contribution in [1.82, 2.24) is 4.90 Å². The van der Waals surface area contributed by atoms with Gasteiger partial charge >= 0.3 is 0 Å². The lowest BCUT2D eigenvalue weighted by molar-refractivity contribution is -0.130. The Morgan fingerprint density at radius 2 is 2.00 bits per heavy atom. The first-order valence-corrected chi connectivity index (χ1v) is 11.3. The van der Waals surface area contributed by atoms with E-state index in [2.05, 4.69) is 44.3 Å². The van der Waals surface area contributed by atoms with E-state index in [9.17, 15) is 9.59 Å². The van der Waals surface area contributed by atoms with Crippen LogP contribution in [0.1, 0.15) is 48.9 Å². The maximum absolute atomic E-state index is 13.2. The Labute approximate surface area is 145 Å². The molecule has 2 saturated heterocycles. The first-order chi connectivity index (χ1) is 10.7. The summed E-state index contributed by atoms with van der Waals surface area (Å²) >= 11 is 2.29. The molecular weight excluding hydrogens is 409 g/mol. The van der Waals surface area contributed by atoms with E-state index < -0.39 is 4.75 Å². The Morgan fingerprint density at radius 3 is 2.77 bits per heavy atom. The van der Waals surface area contributed by atoms with E-state index in [1.54, 1.807) is 8.93 Å². The molecule has 0 spiro atoms. The molecule has 1 saturated carbocycles. The van der Waals surface area contributed by atoms with Crippen molar-refractivity contribution < 1.29 is 9.59 Å². The summed E-state index contributed by atoms with van der Waals surface area (Å²) in [5.41, 5.74) is 2.52. The van der Waals surface area contributed by atoms with Gasteiger partial charge in [-0.2, -0.15) is 0 Å². The molecule has 0 N–H and O–H groups in total. The third kappa shape index (κ3) is 1.44. The lowest BCUT2D eigenvalue weighted by Gasteiger charge is -2.48. The Balaban J connectivity index is 1.73. The fraction of sp³-hybridized carbons (Fsp3) is 0.529. The van der Waals surface area contributed by atoms with Gasteiger partial charge in [-0.25, -0.2) is 0 Å². The fourth-order valence-electron chi connectivity index (χ4n) is 5.34. The van der Waals surface area contributed by atoms with Crippen LogP contribution in [0.3, 0.4) is 0 Å². The second-order valence-electron chi connectivity index (χ2n) is 6.95. The van der Waals surface area contributed by atoms with E-state index in [-0.39, 0.29) is 24.0 Å². The van der Waals surface area contributed by atoms with Crippen molar-refractivity contribution in [3.05, 3.63) is 35.4 Å². The van der Waals surface area contributed by atoms with Crippen molar-refractivity contribution in [2.45, 2.75) is 48.6 Å². The van der Waals surface area contributed by atoms with Crippen molar-refractivity contribution in [1.29, 1.82) is 0 Å². The molecule has 114 valence electrons. The van der Waals surface area contributed by atoms with Crippen LogP contribution in [-0.4, -0.2) is 27.3 Å². The quantitative estimate of drug-likeness (QED) is 0.645. The lowest BCUT2D eigenvalue weighted by Crippen LogP contribution is -2.53. The molecule has 4 aliphatic rings. The summed E-state index contributed by atoms with van der Waals surface area (Å²) in [4.78, 5) is 28.1. The van der Waals surface area contributed by atoms with E-state index in [1.807, 2.05) is 6.07 Å². The van der Waals surface area contributed by atoms with Crippen molar-refractivity contribution in [2.24, 2.45) is 5.92 Å². The first-order valence-electron chi connectivity index (χ1n) is 7.92. The van der Waals surface area contributed by atoms with Gasteiger partial charge in [-0.1, -0.05) is 33.2 Å². The molecule has 0 aromatic heterocycles. The predicted molar refractivity (Wildman–Crippen MR) is 93.9 cm³/mol. The van der Waals surface area contributed by atoms with Crippen LogP contribution in [-0.2, 0) is 9.59 Å². The van der Waals surface area contributed by atoms with Crippen LogP contribution in [0, 0.1) is 5.92 Å². The number of piperidine rings is 1. The number of benzene rings is 1. The van der Waals surface area contributed by atoms with Crippen LogP contribution in [0.4, 0.5) is 0 Å². The van der Waals surface area contributed by atoms with E-state index in [4.69, 9.17) is 0 Å². The summed E-state index contributed by atoms with van der Waals surface area (Å²) in [6.07, 6.45) is 3.49. The van der Waals surface area contributed by atoms with Crippen LogP contribution in [0.15, 0.2) is 24.3 Å². The zero-order chi connectivity index (χ0) is 15.1. The summed E-state index contributed by atoms with van der Waals surface area (Å²) in [5.74, 6) is 0.794. The molecule has 0 radical (unpaired) electrons.